The number of methoxy groups -OCH3 is 1. The van der Waals surface area contributed by atoms with Crippen LogP contribution in [0.3, 0.4) is 0 Å². The van der Waals surface area contributed by atoms with E-state index in [0.717, 1.165) is 42.9 Å². The summed E-state index contributed by atoms with van der Waals surface area (Å²) in [7, 11) is 1.68. The van der Waals surface area contributed by atoms with Gasteiger partial charge in [0.15, 0.2) is 5.11 Å². The zero-order valence-corrected chi connectivity index (χ0v) is 17.6. The molecule has 1 saturated heterocycles. The molecule has 0 unspecified atom stereocenters. The summed E-state index contributed by atoms with van der Waals surface area (Å²) < 4.78 is 5.29. The molecule has 0 spiro atoms. The number of hydrogen-bond acceptors (Lipinski definition) is 3. The third kappa shape index (κ3) is 4.22. The van der Waals surface area contributed by atoms with Gasteiger partial charge < -0.3 is 20.3 Å². The first-order valence-corrected chi connectivity index (χ1v) is 10.6. The average molecular weight is 410 g/mol. The summed E-state index contributed by atoms with van der Waals surface area (Å²) >= 11 is 5.64. The normalized spacial score (nSPS) is 18.0. The van der Waals surface area contributed by atoms with E-state index in [9.17, 15) is 4.79 Å². The number of thiocarbonyl (C=S) groups is 1. The molecule has 1 amide bonds. The van der Waals surface area contributed by atoms with Crippen LogP contribution in [0.1, 0.15) is 44.1 Å². The van der Waals surface area contributed by atoms with Gasteiger partial charge >= 0.3 is 0 Å². The van der Waals surface area contributed by atoms with Crippen molar-refractivity contribution in [2.45, 2.75) is 44.1 Å². The molecule has 2 aromatic carbocycles. The van der Waals surface area contributed by atoms with Crippen LogP contribution < -0.4 is 20.3 Å². The Kier molecular flexibility index (Phi) is 5.72. The first-order valence-electron chi connectivity index (χ1n) is 10.2. The number of nitrogens with zero attached hydrogens (tertiary/aromatic N) is 1. The average Bonchev–Trinajstić information content (AvgIpc) is 3.38. The van der Waals surface area contributed by atoms with Gasteiger partial charge in [0.2, 0.25) is 5.91 Å². The molecule has 2 N–H and O–H groups in total. The summed E-state index contributed by atoms with van der Waals surface area (Å²) in [5.41, 5.74) is 2.96. The van der Waals surface area contributed by atoms with Gasteiger partial charge in [-0.3, -0.25) is 4.79 Å². The number of hydrogen-bond donors (Lipinski definition) is 2. The Labute approximate surface area is 177 Å². The molecule has 0 aromatic heterocycles. The van der Waals surface area contributed by atoms with Crippen LogP contribution in [-0.4, -0.2) is 24.7 Å². The molecule has 152 valence electrons. The van der Waals surface area contributed by atoms with Crippen molar-refractivity contribution in [1.82, 2.24) is 5.32 Å². The fourth-order valence-electron chi connectivity index (χ4n) is 4.40. The standard InChI is InChI=1S/C23H27N3O2S/c1-28-20-12-6-17(7-13-20)23(14-2-3-15-23)25-22(29)24-18-8-10-19(11-9-18)26-16-4-5-21(26)27/h6-13H,2-5,14-16H2,1H3,(H2,24,25,29). The van der Waals surface area contributed by atoms with Crippen LogP contribution in [0.2, 0.25) is 0 Å². The number of ether oxygens (including phenoxy) is 1. The summed E-state index contributed by atoms with van der Waals surface area (Å²) in [6.07, 6.45) is 6.04. The van der Waals surface area contributed by atoms with Gasteiger partial charge in [-0.1, -0.05) is 25.0 Å². The van der Waals surface area contributed by atoms with Crippen molar-refractivity contribution < 1.29 is 9.53 Å². The largest absolute Gasteiger partial charge is 0.497 e. The minimum Gasteiger partial charge on any atom is -0.497 e. The van der Waals surface area contributed by atoms with Crippen LogP contribution in [0.15, 0.2) is 48.5 Å². The molecule has 0 bridgehead atoms. The molecular weight excluding hydrogens is 382 g/mol. The van der Waals surface area contributed by atoms with Gasteiger partial charge in [0, 0.05) is 24.3 Å². The second-order valence-corrected chi connectivity index (χ2v) is 8.20. The van der Waals surface area contributed by atoms with Crippen LogP contribution in [0, 0.1) is 0 Å². The quantitative estimate of drug-likeness (QED) is 0.708. The fourth-order valence-corrected chi connectivity index (χ4v) is 4.71. The van der Waals surface area contributed by atoms with Crippen LogP contribution >= 0.6 is 12.2 Å². The van der Waals surface area contributed by atoms with Gasteiger partial charge in [-0.15, -0.1) is 0 Å². The Bertz CT molecular complexity index is 874. The number of carbonyl (C=O) groups excluding carboxylic acids is 1. The van der Waals surface area contributed by atoms with Gasteiger partial charge in [-0.05, 0) is 73.4 Å². The zero-order chi connectivity index (χ0) is 20.3. The Hall–Kier alpha value is -2.60. The van der Waals surface area contributed by atoms with Crippen molar-refractivity contribution in [3.8, 4) is 5.75 Å². The number of carbonyl (C=O) groups is 1. The molecule has 2 aliphatic rings. The highest BCUT2D eigenvalue weighted by molar-refractivity contribution is 7.80. The van der Waals surface area contributed by atoms with Crippen LogP contribution in [0.5, 0.6) is 5.75 Å². The molecular formula is C23H27N3O2S. The lowest BCUT2D eigenvalue weighted by molar-refractivity contribution is -0.117. The van der Waals surface area contributed by atoms with Crippen molar-refractivity contribution in [2.24, 2.45) is 0 Å². The van der Waals surface area contributed by atoms with Crippen LogP contribution in [-0.2, 0) is 10.3 Å². The van der Waals surface area contributed by atoms with Gasteiger partial charge in [0.1, 0.15) is 5.75 Å². The molecule has 1 aliphatic carbocycles. The Morgan fingerprint density at radius 1 is 1.03 bits per heavy atom. The zero-order valence-electron chi connectivity index (χ0n) is 16.7. The molecule has 5 nitrogen and oxygen atoms in total. The van der Waals surface area contributed by atoms with Crippen LogP contribution in [0.4, 0.5) is 11.4 Å². The van der Waals surface area contributed by atoms with Gasteiger partial charge in [-0.2, -0.15) is 0 Å². The summed E-state index contributed by atoms with van der Waals surface area (Å²) in [4.78, 5) is 13.8. The number of anilines is 2. The minimum atomic E-state index is -0.141. The van der Waals surface area contributed by atoms with Crippen molar-refractivity contribution in [1.29, 1.82) is 0 Å². The number of benzene rings is 2. The number of nitrogens with one attached hydrogen (secondary N) is 2. The Morgan fingerprint density at radius 2 is 1.72 bits per heavy atom. The molecule has 2 aromatic rings. The second-order valence-electron chi connectivity index (χ2n) is 7.79. The summed E-state index contributed by atoms with van der Waals surface area (Å²) in [5.74, 6) is 1.06. The smallest absolute Gasteiger partial charge is 0.227 e. The summed E-state index contributed by atoms with van der Waals surface area (Å²) in [6.45, 7) is 0.802. The predicted molar refractivity (Wildman–Crippen MR) is 121 cm³/mol. The molecule has 0 atom stereocenters. The molecule has 2 fully saturated rings. The van der Waals surface area contributed by atoms with Crippen molar-refractivity contribution in [3.63, 3.8) is 0 Å². The van der Waals surface area contributed by atoms with E-state index in [0.29, 0.717) is 11.5 Å². The van der Waals surface area contributed by atoms with E-state index in [4.69, 9.17) is 17.0 Å². The lowest BCUT2D eigenvalue weighted by atomic mass is 9.88. The Morgan fingerprint density at radius 3 is 2.31 bits per heavy atom. The molecule has 29 heavy (non-hydrogen) atoms. The molecule has 1 aliphatic heterocycles. The first kappa shape index (κ1) is 19.7. The van der Waals surface area contributed by atoms with Crippen LogP contribution in [0.25, 0.3) is 0 Å². The summed E-state index contributed by atoms with van der Waals surface area (Å²) in [6, 6.07) is 16.2. The maximum absolute atomic E-state index is 11.9. The van der Waals surface area contributed by atoms with Crippen molar-refractivity contribution >= 4 is 34.6 Å². The monoisotopic (exact) mass is 409 g/mol. The van der Waals surface area contributed by atoms with Crippen molar-refractivity contribution in [2.75, 3.05) is 23.9 Å². The van der Waals surface area contributed by atoms with E-state index < -0.39 is 0 Å². The van der Waals surface area contributed by atoms with E-state index in [-0.39, 0.29) is 11.4 Å². The third-order valence-corrected chi connectivity index (χ3v) is 6.17. The number of amides is 1. The molecule has 6 heteroatoms. The lowest BCUT2D eigenvalue weighted by Crippen LogP contribution is -2.45. The SMILES string of the molecule is COc1ccc(C2(NC(=S)Nc3ccc(N4CCCC4=O)cc3)CCCC2)cc1. The van der Waals surface area contributed by atoms with E-state index in [1.165, 1.54) is 18.4 Å². The second kappa shape index (κ2) is 8.41. The van der Waals surface area contributed by atoms with E-state index in [1.54, 1.807) is 7.11 Å². The van der Waals surface area contributed by atoms with Crippen molar-refractivity contribution in [3.05, 3.63) is 54.1 Å². The maximum atomic E-state index is 11.9. The lowest BCUT2D eigenvalue weighted by Gasteiger charge is -2.32. The van der Waals surface area contributed by atoms with E-state index >= 15 is 0 Å². The highest BCUT2D eigenvalue weighted by Gasteiger charge is 2.36. The fraction of sp³-hybridized carbons (Fsp3) is 0.391. The van der Waals surface area contributed by atoms with Gasteiger partial charge in [-0.25, -0.2) is 0 Å². The van der Waals surface area contributed by atoms with E-state index in [1.807, 2.05) is 41.3 Å². The van der Waals surface area contributed by atoms with Gasteiger partial charge in [0.25, 0.3) is 0 Å². The summed E-state index contributed by atoms with van der Waals surface area (Å²) in [5, 5.41) is 7.51. The molecule has 1 saturated carbocycles. The highest BCUT2D eigenvalue weighted by Crippen LogP contribution is 2.39. The predicted octanol–water partition coefficient (Wildman–Crippen LogP) is 4.58. The molecule has 0 radical (unpaired) electrons. The van der Waals surface area contributed by atoms with E-state index in [2.05, 4.69) is 22.8 Å². The topological polar surface area (TPSA) is 53.6 Å². The molecule has 4 rings (SSSR count). The highest BCUT2D eigenvalue weighted by atomic mass is 32.1. The third-order valence-electron chi connectivity index (χ3n) is 5.96. The number of rotatable bonds is 5. The molecule has 1 heterocycles. The Balaban J connectivity index is 1.44. The minimum absolute atomic E-state index is 0.141. The first-order chi connectivity index (χ1) is 14.1. The van der Waals surface area contributed by atoms with Gasteiger partial charge in [0.05, 0.1) is 12.6 Å². The maximum Gasteiger partial charge on any atom is 0.227 e.